The second-order valence-electron chi connectivity index (χ2n) is 2.73. The van der Waals surface area contributed by atoms with Gasteiger partial charge in [0.25, 0.3) is 0 Å². The van der Waals surface area contributed by atoms with Crippen molar-refractivity contribution in [3.05, 3.63) is 11.6 Å². The maximum atomic E-state index is 11.0. The van der Waals surface area contributed by atoms with E-state index in [2.05, 4.69) is 0 Å². The minimum absolute atomic E-state index is 0.608. The van der Waals surface area contributed by atoms with E-state index in [-0.39, 0.29) is 0 Å². The second kappa shape index (κ2) is 3.95. The summed E-state index contributed by atoms with van der Waals surface area (Å²) >= 11 is 1.92. The van der Waals surface area contributed by atoms with Crippen LogP contribution in [0.5, 0.6) is 17.2 Å². The van der Waals surface area contributed by atoms with Crippen LogP contribution in [0.25, 0.3) is 0 Å². The Hall–Kier alpha value is -1.28. The number of benzene rings is 1. The molecule has 0 spiro atoms. The number of hydrogen-bond acceptors (Lipinski definition) is 6. The summed E-state index contributed by atoms with van der Waals surface area (Å²) in [4.78, 5) is 9.83. The van der Waals surface area contributed by atoms with Crippen molar-refractivity contribution < 1.29 is 33.1 Å². The third-order valence-electron chi connectivity index (χ3n) is 1.69. The van der Waals surface area contributed by atoms with Gasteiger partial charge in [-0.3, -0.25) is 0 Å². The van der Waals surface area contributed by atoms with E-state index in [9.17, 15) is 18.3 Å². The predicted molar refractivity (Wildman–Crippen MR) is 51.3 cm³/mol. The van der Waals surface area contributed by atoms with Crippen molar-refractivity contribution in [2.75, 3.05) is 0 Å². The molecule has 9 heteroatoms. The first kappa shape index (κ1) is 12.8. The van der Waals surface area contributed by atoms with E-state index in [0.29, 0.717) is 6.07 Å². The molecule has 0 aliphatic carbocycles. The average molecular weight is 312 g/mol. The van der Waals surface area contributed by atoms with Crippen LogP contribution >= 0.6 is 0 Å². The SMILES string of the molecule is O=C([Se])c1cc(O)c(O)c(O)c1S(=O)(=O)O. The molecule has 0 amide bonds. The summed E-state index contributed by atoms with van der Waals surface area (Å²) < 4.78 is 29.6. The summed E-state index contributed by atoms with van der Waals surface area (Å²) in [5.74, 6) is -3.32. The Balaban J connectivity index is 3.83. The summed E-state index contributed by atoms with van der Waals surface area (Å²) in [6.07, 6.45) is 0. The zero-order valence-corrected chi connectivity index (χ0v) is 9.94. The summed E-state index contributed by atoms with van der Waals surface area (Å²) in [7, 11) is -4.91. The van der Waals surface area contributed by atoms with E-state index < -0.39 is 42.5 Å². The molecule has 1 aromatic rings. The van der Waals surface area contributed by atoms with Gasteiger partial charge >= 0.3 is 97.7 Å². The second-order valence-corrected chi connectivity index (χ2v) is 4.87. The fourth-order valence-electron chi connectivity index (χ4n) is 1.04. The Morgan fingerprint density at radius 3 is 2.06 bits per heavy atom. The Morgan fingerprint density at radius 1 is 1.19 bits per heavy atom. The zero-order chi connectivity index (χ0) is 12.7. The van der Waals surface area contributed by atoms with Crippen LogP contribution in [-0.2, 0) is 10.1 Å². The Labute approximate surface area is 97.9 Å². The van der Waals surface area contributed by atoms with Gasteiger partial charge in [-0.05, 0) is 0 Å². The molecule has 1 rings (SSSR count). The molecule has 0 bridgehead atoms. The fraction of sp³-hybridized carbons (Fsp3) is 0. The van der Waals surface area contributed by atoms with Crippen molar-refractivity contribution in [1.29, 1.82) is 0 Å². The first-order valence-corrected chi connectivity index (χ1v) is 5.92. The van der Waals surface area contributed by atoms with Crippen LogP contribution in [0.3, 0.4) is 0 Å². The van der Waals surface area contributed by atoms with Gasteiger partial charge in [-0.25, -0.2) is 0 Å². The van der Waals surface area contributed by atoms with Crippen LogP contribution in [0.2, 0.25) is 0 Å². The summed E-state index contributed by atoms with van der Waals surface area (Å²) in [6.45, 7) is 0. The molecule has 1 radical (unpaired) electrons. The molecule has 0 saturated heterocycles. The Morgan fingerprint density at radius 2 is 1.69 bits per heavy atom. The van der Waals surface area contributed by atoms with E-state index in [0.717, 1.165) is 0 Å². The van der Waals surface area contributed by atoms with Gasteiger partial charge < -0.3 is 0 Å². The maximum absolute atomic E-state index is 11.0. The molecule has 0 fully saturated rings. The van der Waals surface area contributed by atoms with Crippen molar-refractivity contribution in [1.82, 2.24) is 0 Å². The Bertz CT molecular complexity index is 563. The van der Waals surface area contributed by atoms with E-state index in [1.165, 1.54) is 0 Å². The van der Waals surface area contributed by atoms with Crippen molar-refractivity contribution >= 4 is 30.8 Å². The van der Waals surface area contributed by atoms with Gasteiger partial charge in [0, 0.05) is 0 Å². The molecule has 0 unspecified atom stereocenters. The van der Waals surface area contributed by atoms with Gasteiger partial charge in [0.2, 0.25) is 0 Å². The van der Waals surface area contributed by atoms with Crippen LogP contribution in [0.1, 0.15) is 10.4 Å². The molecule has 87 valence electrons. The van der Waals surface area contributed by atoms with E-state index in [4.69, 9.17) is 14.8 Å². The molecule has 0 aromatic heterocycles. The molecule has 16 heavy (non-hydrogen) atoms. The van der Waals surface area contributed by atoms with Crippen molar-refractivity contribution in [2.45, 2.75) is 4.90 Å². The van der Waals surface area contributed by atoms with Crippen LogP contribution in [0.4, 0.5) is 0 Å². The topological polar surface area (TPSA) is 132 Å². The van der Waals surface area contributed by atoms with Crippen molar-refractivity contribution in [2.24, 2.45) is 0 Å². The minimum atomic E-state index is -4.91. The van der Waals surface area contributed by atoms with Gasteiger partial charge in [-0.2, -0.15) is 0 Å². The zero-order valence-electron chi connectivity index (χ0n) is 7.41. The number of rotatable bonds is 2. The van der Waals surface area contributed by atoms with E-state index in [1.54, 1.807) is 0 Å². The number of hydrogen-bond donors (Lipinski definition) is 4. The van der Waals surface area contributed by atoms with Gasteiger partial charge in [-0.15, -0.1) is 0 Å². The molecule has 0 atom stereocenters. The van der Waals surface area contributed by atoms with Crippen molar-refractivity contribution in [3.63, 3.8) is 0 Å². The summed E-state index contributed by atoms with van der Waals surface area (Å²) in [6, 6.07) is 0.608. The van der Waals surface area contributed by atoms with E-state index in [1.807, 2.05) is 16.0 Å². The molecular weight excluding hydrogens is 307 g/mol. The van der Waals surface area contributed by atoms with Crippen molar-refractivity contribution in [3.8, 4) is 17.2 Å². The molecule has 7 nitrogen and oxygen atoms in total. The standard InChI is InChI=1S/C7H5O7SSe/c8-3-1-2(7(11)16)6(15(12,13)14)5(10)4(3)9/h1,8-10H,(H,12,13,14). The third-order valence-corrected chi connectivity index (χ3v) is 3.08. The molecule has 4 N–H and O–H groups in total. The average Bonchev–Trinajstić information content (AvgIpc) is 2.10. The molecular formula is C7H5O7SSe. The summed E-state index contributed by atoms with van der Waals surface area (Å²) in [5, 5.41) is 27.4. The number of carbonyl (C=O) groups is 1. The van der Waals surface area contributed by atoms with Crippen LogP contribution < -0.4 is 0 Å². The first-order valence-electron chi connectivity index (χ1n) is 3.63. The number of phenols is 3. The van der Waals surface area contributed by atoms with Gasteiger partial charge in [0.15, 0.2) is 0 Å². The molecule has 0 aliphatic heterocycles. The van der Waals surface area contributed by atoms with Gasteiger partial charge in [0.05, 0.1) is 0 Å². The van der Waals surface area contributed by atoms with E-state index >= 15 is 0 Å². The fourth-order valence-corrected chi connectivity index (χ4v) is 2.29. The van der Waals surface area contributed by atoms with Crippen LogP contribution in [0.15, 0.2) is 11.0 Å². The molecule has 0 heterocycles. The number of phenolic OH excluding ortho intramolecular Hbond substituents is 3. The number of aromatic hydroxyl groups is 3. The normalized spacial score (nSPS) is 11.3. The number of carbonyl (C=O) groups excluding carboxylic acids is 1. The molecule has 1 aromatic carbocycles. The predicted octanol–water partition coefficient (Wildman–Crippen LogP) is -0.641. The first-order chi connectivity index (χ1) is 7.16. The monoisotopic (exact) mass is 313 g/mol. The van der Waals surface area contributed by atoms with Crippen LogP contribution in [0, 0.1) is 0 Å². The van der Waals surface area contributed by atoms with Gasteiger partial charge in [-0.1, -0.05) is 0 Å². The molecule has 0 saturated carbocycles. The van der Waals surface area contributed by atoms with Crippen LogP contribution in [-0.4, -0.2) is 49.0 Å². The Kier molecular flexibility index (Phi) is 3.15. The molecule has 0 aliphatic rings. The third kappa shape index (κ3) is 2.12. The quantitative estimate of drug-likeness (QED) is 0.324. The van der Waals surface area contributed by atoms with Gasteiger partial charge in [0.1, 0.15) is 0 Å². The summed E-state index contributed by atoms with van der Waals surface area (Å²) in [5.41, 5.74) is -0.671.